The van der Waals surface area contributed by atoms with Crippen molar-refractivity contribution in [2.75, 3.05) is 0 Å². The minimum atomic E-state index is -1.23. The highest BCUT2D eigenvalue weighted by molar-refractivity contribution is 6.34. The van der Waals surface area contributed by atoms with Crippen LogP contribution >= 0.6 is 11.6 Å². The number of carboxylic acids is 1. The number of halogens is 1. The number of carbonyl (C=O) groups is 2. The smallest absolute Gasteiger partial charge is 0.326 e. The second-order valence-electron chi connectivity index (χ2n) is 5.50. The Balaban J connectivity index is 3.21. The van der Waals surface area contributed by atoms with Gasteiger partial charge in [0.15, 0.2) is 0 Å². The van der Waals surface area contributed by atoms with Gasteiger partial charge in [-0.2, -0.15) is 0 Å². The summed E-state index contributed by atoms with van der Waals surface area (Å²) in [7, 11) is 0. The normalized spacial score (nSPS) is 12.6. The van der Waals surface area contributed by atoms with E-state index in [-0.39, 0.29) is 10.6 Å². The number of nitrogens with one attached hydrogen (secondary N) is 1. The second-order valence-corrected chi connectivity index (χ2v) is 5.91. The van der Waals surface area contributed by atoms with Crippen molar-refractivity contribution in [2.24, 2.45) is 5.41 Å². The number of carboxylic acid groups (broad SMARTS) is 1. The highest BCUT2D eigenvalue weighted by atomic mass is 35.5. The molecule has 0 fully saturated rings. The summed E-state index contributed by atoms with van der Waals surface area (Å²) < 4.78 is 0. The van der Waals surface area contributed by atoms with Gasteiger partial charge in [0.1, 0.15) is 11.6 Å². The van der Waals surface area contributed by atoms with Crippen molar-refractivity contribution in [1.82, 2.24) is 5.32 Å². The van der Waals surface area contributed by atoms with Crippen LogP contribution in [0.15, 0.2) is 18.2 Å². The third kappa shape index (κ3) is 3.91. The van der Waals surface area contributed by atoms with E-state index in [9.17, 15) is 24.8 Å². The fraction of sp³-hybridized carbons (Fsp3) is 0.385. The predicted octanol–water partition coefficient (Wildman–Crippen LogP) is 2.48. The number of carbonyl (C=O) groups excluding carboxylic acids is 1. The number of benzene rings is 1. The maximum absolute atomic E-state index is 12.2. The molecule has 0 spiro atoms. The minimum Gasteiger partial charge on any atom is -0.480 e. The molecule has 0 saturated heterocycles. The Hall–Kier alpha value is -2.15. The van der Waals surface area contributed by atoms with Crippen LogP contribution in [0.5, 0.6) is 0 Å². The molecule has 0 radical (unpaired) electrons. The van der Waals surface area contributed by atoms with Crippen LogP contribution in [0.3, 0.4) is 0 Å². The molecule has 0 aliphatic rings. The Morgan fingerprint density at radius 2 is 1.95 bits per heavy atom. The van der Waals surface area contributed by atoms with Gasteiger partial charge in [-0.15, -0.1) is 0 Å². The number of nitro benzene ring substituents is 1. The molecular formula is C13H15ClN2O5. The molecule has 0 unspecified atom stereocenters. The van der Waals surface area contributed by atoms with Crippen LogP contribution in [0.4, 0.5) is 5.69 Å². The minimum absolute atomic E-state index is 0.111. The summed E-state index contributed by atoms with van der Waals surface area (Å²) in [6.07, 6.45) is 0. The Kier molecular flexibility index (Phi) is 4.90. The first kappa shape index (κ1) is 16.9. The average molecular weight is 315 g/mol. The number of nitro groups is 1. The van der Waals surface area contributed by atoms with Crippen LogP contribution in [0, 0.1) is 15.5 Å². The molecule has 0 saturated carbocycles. The lowest BCUT2D eigenvalue weighted by molar-refractivity contribution is -0.385. The van der Waals surface area contributed by atoms with Crippen LogP contribution in [0.2, 0.25) is 5.02 Å². The Morgan fingerprint density at radius 3 is 2.38 bits per heavy atom. The van der Waals surface area contributed by atoms with Crippen LogP contribution in [-0.2, 0) is 4.79 Å². The van der Waals surface area contributed by atoms with Gasteiger partial charge in [-0.05, 0) is 11.5 Å². The van der Waals surface area contributed by atoms with Crippen molar-refractivity contribution in [2.45, 2.75) is 26.8 Å². The average Bonchev–Trinajstić information content (AvgIpc) is 2.33. The van der Waals surface area contributed by atoms with Crippen LogP contribution in [0.25, 0.3) is 0 Å². The number of hydrogen-bond donors (Lipinski definition) is 2. The van der Waals surface area contributed by atoms with E-state index >= 15 is 0 Å². The molecule has 0 heterocycles. The summed E-state index contributed by atoms with van der Waals surface area (Å²) >= 11 is 5.83. The van der Waals surface area contributed by atoms with Gasteiger partial charge in [-0.25, -0.2) is 4.79 Å². The molecule has 1 rings (SSSR count). The van der Waals surface area contributed by atoms with E-state index in [1.165, 1.54) is 12.1 Å². The van der Waals surface area contributed by atoms with E-state index in [1.807, 2.05) is 0 Å². The zero-order valence-electron chi connectivity index (χ0n) is 11.7. The van der Waals surface area contributed by atoms with Gasteiger partial charge in [0.2, 0.25) is 0 Å². The maximum Gasteiger partial charge on any atom is 0.326 e. The van der Waals surface area contributed by atoms with Gasteiger partial charge in [-0.3, -0.25) is 14.9 Å². The molecule has 0 aliphatic carbocycles. The molecule has 8 heteroatoms. The van der Waals surface area contributed by atoms with E-state index in [2.05, 4.69) is 5.32 Å². The lowest BCUT2D eigenvalue weighted by Gasteiger charge is -2.27. The first-order valence-electron chi connectivity index (χ1n) is 6.02. The van der Waals surface area contributed by atoms with E-state index in [1.54, 1.807) is 20.8 Å². The fourth-order valence-corrected chi connectivity index (χ4v) is 2.00. The van der Waals surface area contributed by atoms with E-state index in [0.717, 1.165) is 6.07 Å². The molecular weight excluding hydrogens is 300 g/mol. The van der Waals surface area contributed by atoms with Gasteiger partial charge in [-0.1, -0.05) is 38.4 Å². The first-order valence-corrected chi connectivity index (χ1v) is 6.40. The summed E-state index contributed by atoms with van der Waals surface area (Å²) in [6, 6.07) is 2.60. The highest BCUT2D eigenvalue weighted by Gasteiger charge is 2.34. The summed E-state index contributed by atoms with van der Waals surface area (Å²) in [4.78, 5) is 33.6. The third-order valence-electron chi connectivity index (χ3n) is 2.80. The van der Waals surface area contributed by atoms with E-state index in [4.69, 9.17) is 11.6 Å². The highest BCUT2D eigenvalue weighted by Crippen LogP contribution is 2.27. The number of rotatable bonds is 4. The lowest BCUT2D eigenvalue weighted by Crippen LogP contribution is -2.49. The third-order valence-corrected chi connectivity index (χ3v) is 3.12. The molecule has 1 atom stereocenters. The second kappa shape index (κ2) is 6.09. The van der Waals surface area contributed by atoms with E-state index < -0.39 is 33.9 Å². The van der Waals surface area contributed by atoms with Crippen molar-refractivity contribution in [3.63, 3.8) is 0 Å². The van der Waals surface area contributed by atoms with Crippen LogP contribution in [0.1, 0.15) is 31.1 Å². The van der Waals surface area contributed by atoms with Crippen LogP contribution < -0.4 is 5.32 Å². The van der Waals surface area contributed by atoms with E-state index in [0.29, 0.717) is 0 Å². The number of amides is 1. The molecule has 114 valence electrons. The topological polar surface area (TPSA) is 110 Å². The quantitative estimate of drug-likeness (QED) is 0.655. The van der Waals surface area contributed by atoms with Crippen LogP contribution in [-0.4, -0.2) is 27.9 Å². The standard InChI is InChI=1S/C13H15ClN2O5/c1-13(2,3)10(12(18)19)15-11(17)9-7(14)5-4-6-8(9)16(20)21/h4-6,10H,1-3H3,(H,15,17)(H,18,19)/t10-/m0/s1. The molecule has 21 heavy (non-hydrogen) atoms. The molecule has 7 nitrogen and oxygen atoms in total. The van der Waals surface area contributed by atoms with Crippen molar-refractivity contribution in [1.29, 1.82) is 0 Å². The van der Waals surface area contributed by atoms with Crippen molar-refractivity contribution < 1.29 is 19.6 Å². The fourth-order valence-electron chi connectivity index (χ4n) is 1.74. The Labute approximate surface area is 126 Å². The molecule has 2 N–H and O–H groups in total. The number of aliphatic carboxylic acids is 1. The van der Waals surface area contributed by atoms with Gasteiger partial charge in [0.25, 0.3) is 11.6 Å². The largest absolute Gasteiger partial charge is 0.480 e. The molecule has 1 aromatic rings. The number of hydrogen-bond acceptors (Lipinski definition) is 4. The van der Waals surface area contributed by atoms with Crippen molar-refractivity contribution in [3.05, 3.63) is 38.9 Å². The first-order chi connectivity index (χ1) is 9.55. The summed E-state index contributed by atoms with van der Waals surface area (Å²) in [5, 5.41) is 22.3. The summed E-state index contributed by atoms with van der Waals surface area (Å²) in [5.41, 5.74) is -1.59. The van der Waals surface area contributed by atoms with Gasteiger partial charge in [0, 0.05) is 6.07 Å². The SMILES string of the molecule is CC(C)(C)[C@@H](NC(=O)c1c(Cl)cccc1[N+](=O)[O-])C(=O)O. The monoisotopic (exact) mass is 314 g/mol. The summed E-state index contributed by atoms with van der Waals surface area (Å²) in [5.74, 6) is -2.12. The zero-order chi connectivity index (χ0) is 16.4. The number of nitrogens with zero attached hydrogens (tertiary/aromatic N) is 1. The molecule has 0 aromatic heterocycles. The zero-order valence-corrected chi connectivity index (χ0v) is 12.5. The molecule has 0 aliphatic heterocycles. The molecule has 0 bridgehead atoms. The van der Waals surface area contributed by atoms with Crippen molar-refractivity contribution in [3.8, 4) is 0 Å². The van der Waals surface area contributed by atoms with Gasteiger partial charge in [0.05, 0.1) is 9.95 Å². The summed E-state index contributed by atoms with van der Waals surface area (Å²) in [6.45, 7) is 4.90. The van der Waals surface area contributed by atoms with Gasteiger partial charge >= 0.3 is 5.97 Å². The molecule has 1 aromatic carbocycles. The lowest BCUT2D eigenvalue weighted by atomic mass is 9.86. The van der Waals surface area contributed by atoms with Crippen molar-refractivity contribution >= 4 is 29.2 Å². The maximum atomic E-state index is 12.2. The molecule has 1 amide bonds. The predicted molar refractivity (Wildman–Crippen MR) is 76.5 cm³/mol. The Bertz CT molecular complexity index is 595. The van der Waals surface area contributed by atoms with Gasteiger partial charge < -0.3 is 10.4 Å². The Morgan fingerprint density at radius 1 is 1.38 bits per heavy atom.